The second-order valence-electron chi connectivity index (χ2n) is 9.78. The van der Waals surface area contributed by atoms with Gasteiger partial charge in [0.2, 0.25) is 5.91 Å². The average molecular weight is 554 g/mol. The number of nitrogens with one attached hydrogen (secondary N) is 2. The van der Waals surface area contributed by atoms with Gasteiger partial charge in [0.05, 0.1) is 30.5 Å². The van der Waals surface area contributed by atoms with Crippen LogP contribution in [-0.2, 0) is 9.53 Å². The van der Waals surface area contributed by atoms with E-state index in [1.807, 2.05) is 80.7 Å². The Morgan fingerprint density at radius 1 is 1.05 bits per heavy atom. The molecule has 1 aliphatic rings. The second kappa shape index (κ2) is 11.7. The third-order valence-electron chi connectivity index (χ3n) is 7.09. The van der Waals surface area contributed by atoms with Crippen LogP contribution in [0.2, 0.25) is 0 Å². The van der Waals surface area contributed by atoms with Gasteiger partial charge in [-0.05, 0) is 91.8 Å². The van der Waals surface area contributed by atoms with E-state index in [2.05, 4.69) is 25.1 Å². The van der Waals surface area contributed by atoms with Crippen molar-refractivity contribution in [2.75, 3.05) is 19.0 Å². The molecule has 40 heavy (non-hydrogen) atoms. The van der Waals surface area contributed by atoms with Gasteiger partial charge in [-0.15, -0.1) is 0 Å². The summed E-state index contributed by atoms with van der Waals surface area (Å²) < 4.78 is 6.91. The molecular weight excluding hydrogens is 522 g/mol. The van der Waals surface area contributed by atoms with Gasteiger partial charge >= 0.3 is 5.97 Å². The summed E-state index contributed by atoms with van der Waals surface area (Å²) in [6, 6.07) is 22.6. The van der Waals surface area contributed by atoms with Crippen LogP contribution in [0.5, 0.6) is 0 Å². The maximum absolute atomic E-state index is 13.0. The van der Waals surface area contributed by atoms with E-state index in [-0.39, 0.29) is 30.4 Å². The molecule has 2 aromatic carbocycles. The highest BCUT2D eigenvalue weighted by Gasteiger charge is 2.41. The van der Waals surface area contributed by atoms with E-state index in [0.717, 1.165) is 33.9 Å². The summed E-state index contributed by atoms with van der Waals surface area (Å²) in [4.78, 5) is 31.6. The molecule has 4 aromatic rings. The summed E-state index contributed by atoms with van der Waals surface area (Å²) in [7, 11) is 1.37. The molecule has 2 aromatic heterocycles. The van der Waals surface area contributed by atoms with Gasteiger partial charge in [-0.3, -0.25) is 9.78 Å². The molecule has 2 atom stereocenters. The molecule has 2 unspecified atom stereocenters. The Hall–Kier alpha value is -4.50. The largest absolute Gasteiger partial charge is 0.465 e. The first-order valence-electron chi connectivity index (χ1n) is 13.1. The summed E-state index contributed by atoms with van der Waals surface area (Å²) in [6.45, 7) is 4.40. The van der Waals surface area contributed by atoms with Crippen LogP contribution in [0.1, 0.15) is 51.4 Å². The van der Waals surface area contributed by atoms with Crippen molar-refractivity contribution in [2.45, 2.75) is 32.4 Å². The highest BCUT2D eigenvalue weighted by Crippen LogP contribution is 2.39. The molecule has 0 saturated carbocycles. The van der Waals surface area contributed by atoms with Gasteiger partial charge in [0, 0.05) is 42.4 Å². The molecule has 9 heteroatoms. The molecular formula is C31H31N5O3S. The second-order valence-corrected chi connectivity index (χ2v) is 10.2. The van der Waals surface area contributed by atoms with E-state index in [4.69, 9.17) is 17.0 Å². The predicted molar refractivity (Wildman–Crippen MR) is 158 cm³/mol. The zero-order chi connectivity index (χ0) is 28.2. The molecule has 1 fully saturated rings. The smallest absolute Gasteiger partial charge is 0.337 e. The predicted octanol–water partition coefficient (Wildman–Crippen LogP) is 5.28. The lowest BCUT2D eigenvalue weighted by atomic mass is 10.0. The zero-order valence-electron chi connectivity index (χ0n) is 22.6. The fourth-order valence-corrected chi connectivity index (χ4v) is 5.35. The Kier molecular flexibility index (Phi) is 7.93. The van der Waals surface area contributed by atoms with Gasteiger partial charge in [-0.2, -0.15) is 0 Å². The SMILES string of the molecule is COC(=O)c1ccc(-n2cccc2C2C(c3ccccn3)NC(=S)N2CCC(=O)Nc2cc(C)ccc2C)cc1. The molecule has 1 amide bonds. The molecule has 5 rings (SSSR count). The van der Waals surface area contributed by atoms with Crippen molar-refractivity contribution in [1.29, 1.82) is 0 Å². The number of amides is 1. The lowest BCUT2D eigenvalue weighted by Gasteiger charge is -2.29. The Balaban J connectivity index is 1.44. The fraction of sp³-hybridized carbons (Fsp3) is 0.226. The minimum absolute atomic E-state index is 0.0784. The highest BCUT2D eigenvalue weighted by molar-refractivity contribution is 7.80. The Morgan fingerprint density at radius 2 is 1.85 bits per heavy atom. The number of pyridine rings is 1. The number of anilines is 1. The van der Waals surface area contributed by atoms with E-state index in [1.54, 1.807) is 18.3 Å². The Bertz CT molecular complexity index is 1530. The van der Waals surface area contributed by atoms with Crippen LogP contribution in [0.15, 0.2) is 85.2 Å². The van der Waals surface area contributed by atoms with Gasteiger partial charge < -0.3 is 24.8 Å². The monoisotopic (exact) mass is 553 g/mol. The van der Waals surface area contributed by atoms with Crippen molar-refractivity contribution in [1.82, 2.24) is 19.8 Å². The van der Waals surface area contributed by atoms with E-state index in [1.165, 1.54) is 7.11 Å². The zero-order valence-corrected chi connectivity index (χ0v) is 23.4. The summed E-state index contributed by atoms with van der Waals surface area (Å²) >= 11 is 5.80. The quantitative estimate of drug-likeness (QED) is 0.227. The van der Waals surface area contributed by atoms with Crippen LogP contribution in [0.25, 0.3) is 5.69 Å². The maximum atomic E-state index is 13.0. The van der Waals surface area contributed by atoms with Crippen molar-refractivity contribution in [3.63, 3.8) is 0 Å². The van der Waals surface area contributed by atoms with E-state index >= 15 is 0 Å². The first-order chi connectivity index (χ1) is 19.4. The van der Waals surface area contributed by atoms with Crippen LogP contribution >= 0.6 is 12.2 Å². The molecule has 0 aliphatic carbocycles. The van der Waals surface area contributed by atoms with Crippen LogP contribution < -0.4 is 10.6 Å². The number of rotatable bonds is 8. The molecule has 2 N–H and O–H groups in total. The van der Waals surface area contributed by atoms with Gasteiger partial charge in [-0.25, -0.2) is 4.79 Å². The Morgan fingerprint density at radius 3 is 2.58 bits per heavy atom. The molecule has 0 spiro atoms. The lowest BCUT2D eigenvalue weighted by molar-refractivity contribution is -0.116. The number of esters is 1. The molecule has 0 bridgehead atoms. The molecule has 204 valence electrons. The number of aromatic nitrogens is 2. The first kappa shape index (κ1) is 27.1. The summed E-state index contributed by atoms with van der Waals surface area (Å²) in [5, 5.41) is 7.07. The minimum Gasteiger partial charge on any atom is -0.465 e. The molecule has 3 heterocycles. The number of ether oxygens (including phenoxy) is 1. The van der Waals surface area contributed by atoms with Gasteiger partial charge in [0.1, 0.15) is 0 Å². The number of hydrogen-bond donors (Lipinski definition) is 2. The highest BCUT2D eigenvalue weighted by atomic mass is 32.1. The summed E-state index contributed by atoms with van der Waals surface area (Å²) in [5.41, 5.74) is 6.12. The standard InChI is InChI=1S/C31H31N5O3S/c1-20-9-10-21(2)25(19-20)33-27(37)15-18-36-29(28(34-31(36)40)24-7-4-5-16-32-24)26-8-6-17-35(26)23-13-11-22(12-14-23)30(38)39-3/h4-14,16-17,19,28-29H,15,18H2,1-3H3,(H,33,37)(H,34,40). The van der Waals surface area contributed by atoms with Gasteiger partial charge in [0.15, 0.2) is 5.11 Å². The number of carbonyl (C=O) groups excluding carboxylic acids is 2. The minimum atomic E-state index is -0.384. The van der Waals surface area contributed by atoms with Crippen molar-refractivity contribution in [3.05, 3.63) is 113 Å². The van der Waals surface area contributed by atoms with Crippen molar-refractivity contribution >= 4 is 34.9 Å². The third kappa shape index (κ3) is 5.60. The number of thiocarbonyl (C=S) groups is 1. The maximum Gasteiger partial charge on any atom is 0.337 e. The van der Waals surface area contributed by atoms with E-state index in [9.17, 15) is 9.59 Å². The molecule has 8 nitrogen and oxygen atoms in total. The molecule has 0 radical (unpaired) electrons. The lowest BCUT2D eigenvalue weighted by Crippen LogP contribution is -2.33. The normalized spacial score (nSPS) is 16.5. The number of aryl methyl sites for hydroxylation is 2. The van der Waals surface area contributed by atoms with Crippen molar-refractivity contribution in [2.24, 2.45) is 0 Å². The van der Waals surface area contributed by atoms with E-state index in [0.29, 0.717) is 17.2 Å². The summed E-state index contributed by atoms with van der Waals surface area (Å²) in [6.07, 6.45) is 4.00. The molecule has 1 aliphatic heterocycles. The van der Waals surface area contributed by atoms with Crippen molar-refractivity contribution in [3.8, 4) is 5.69 Å². The van der Waals surface area contributed by atoms with Crippen LogP contribution in [0.3, 0.4) is 0 Å². The fourth-order valence-electron chi connectivity index (χ4n) is 5.02. The van der Waals surface area contributed by atoms with Crippen molar-refractivity contribution < 1.29 is 14.3 Å². The number of carbonyl (C=O) groups is 2. The third-order valence-corrected chi connectivity index (χ3v) is 7.45. The van der Waals surface area contributed by atoms with Crippen LogP contribution in [0.4, 0.5) is 5.69 Å². The Labute approximate surface area is 239 Å². The molecule has 1 saturated heterocycles. The van der Waals surface area contributed by atoms with Crippen LogP contribution in [0, 0.1) is 13.8 Å². The number of methoxy groups -OCH3 is 1. The van der Waals surface area contributed by atoms with E-state index < -0.39 is 0 Å². The number of benzene rings is 2. The number of nitrogens with zero attached hydrogens (tertiary/aromatic N) is 3. The van der Waals surface area contributed by atoms with Gasteiger partial charge in [0.25, 0.3) is 0 Å². The number of hydrogen-bond acceptors (Lipinski definition) is 5. The summed E-state index contributed by atoms with van der Waals surface area (Å²) in [5.74, 6) is -0.463. The van der Waals surface area contributed by atoms with Gasteiger partial charge in [-0.1, -0.05) is 18.2 Å². The first-order valence-corrected chi connectivity index (χ1v) is 13.5. The topological polar surface area (TPSA) is 88.5 Å². The average Bonchev–Trinajstić information content (AvgIpc) is 3.58. The van der Waals surface area contributed by atoms with Crippen LogP contribution in [-0.4, -0.2) is 45.1 Å².